The summed E-state index contributed by atoms with van der Waals surface area (Å²) in [4.78, 5) is 0. The summed E-state index contributed by atoms with van der Waals surface area (Å²) in [6.07, 6.45) is 0.805. The van der Waals surface area contributed by atoms with Gasteiger partial charge in [-0.3, -0.25) is 0 Å². The molecule has 0 aromatic heterocycles. The summed E-state index contributed by atoms with van der Waals surface area (Å²) < 4.78 is -0.964. The fourth-order valence-electron chi connectivity index (χ4n) is 2.96. The molecular formula is C10H10Cl6. The maximum atomic E-state index is 6.31. The van der Waals surface area contributed by atoms with Crippen molar-refractivity contribution >= 4 is 69.6 Å². The molecule has 0 saturated heterocycles. The van der Waals surface area contributed by atoms with E-state index in [9.17, 15) is 0 Å². The highest BCUT2D eigenvalue weighted by Crippen LogP contribution is 2.68. The zero-order valence-corrected chi connectivity index (χ0v) is 12.7. The summed E-state index contributed by atoms with van der Waals surface area (Å²) in [6.45, 7) is 0. The third kappa shape index (κ3) is 1.57. The monoisotopic (exact) mass is 340 g/mol. The van der Waals surface area contributed by atoms with E-state index in [2.05, 4.69) is 0 Å². The van der Waals surface area contributed by atoms with Gasteiger partial charge in [0.2, 0.25) is 0 Å². The van der Waals surface area contributed by atoms with Crippen molar-refractivity contribution in [2.75, 3.05) is 11.8 Å². The fourth-order valence-corrected chi connectivity index (χ4v) is 5.54. The van der Waals surface area contributed by atoms with Crippen molar-refractivity contribution in [3.8, 4) is 0 Å². The Hall–Kier alpha value is 1.48. The molecule has 0 aromatic carbocycles. The van der Waals surface area contributed by atoms with Crippen molar-refractivity contribution in [3.05, 3.63) is 11.1 Å². The summed E-state index contributed by atoms with van der Waals surface area (Å²) in [6, 6.07) is 0. The minimum absolute atomic E-state index is 0.0432. The third-order valence-corrected chi connectivity index (χ3v) is 6.99. The lowest BCUT2D eigenvalue weighted by Crippen LogP contribution is -2.47. The third-order valence-electron chi connectivity index (χ3n) is 3.93. The lowest BCUT2D eigenvalue weighted by atomic mass is 9.72. The van der Waals surface area contributed by atoms with Crippen molar-refractivity contribution in [1.29, 1.82) is 0 Å². The highest BCUT2D eigenvalue weighted by Gasteiger charge is 2.67. The molecule has 0 radical (unpaired) electrons. The molecule has 2 aliphatic rings. The van der Waals surface area contributed by atoms with Crippen molar-refractivity contribution < 1.29 is 0 Å². The largest absolute Gasteiger partial charge is 0.141 e. The molecule has 0 nitrogen and oxygen atoms in total. The van der Waals surface area contributed by atoms with Gasteiger partial charge in [0, 0.05) is 28.6 Å². The molecule has 2 bridgehead atoms. The van der Waals surface area contributed by atoms with E-state index >= 15 is 0 Å². The van der Waals surface area contributed by atoms with Gasteiger partial charge in [0.05, 0.1) is 5.38 Å². The lowest BCUT2D eigenvalue weighted by molar-refractivity contribution is 0.297. The van der Waals surface area contributed by atoms with Crippen molar-refractivity contribution in [3.63, 3.8) is 0 Å². The van der Waals surface area contributed by atoms with Gasteiger partial charge in [0.1, 0.15) is 4.33 Å². The summed E-state index contributed by atoms with van der Waals surface area (Å²) in [5, 5.41) is -0.335. The summed E-state index contributed by atoms with van der Waals surface area (Å²) >= 11 is 36.9. The Labute approximate surface area is 125 Å². The Morgan fingerprint density at radius 1 is 1.25 bits per heavy atom. The quantitative estimate of drug-likeness (QED) is 0.619. The second-order valence-corrected chi connectivity index (χ2v) is 7.13. The van der Waals surface area contributed by atoms with E-state index < -0.39 is 4.33 Å². The van der Waals surface area contributed by atoms with Crippen LogP contribution in [-0.2, 0) is 0 Å². The molecule has 2 saturated carbocycles. The van der Waals surface area contributed by atoms with Crippen LogP contribution >= 0.6 is 69.6 Å². The van der Waals surface area contributed by atoms with Gasteiger partial charge in [0.25, 0.3) is 0 Å². The molecule has 16 heavy (non-hydrogen) atoms. The molecule has 2 rings (SSSR count). The van der Waals surface area contributed by atoms with Gasteiger partial charge in [-0.15, -0.1) is 34.8 Å². The number of rotatable bonds is 2. The van der Waals surface area contributed by atoms with Crippen LogP contribution in [0.25, 0.3) is 0 Å². The van der Waals surface area contributed by atoms with Crippen molar-refractivity contribution in [2.45, 2.75) is 16.1 Å². The molecule has 92 valence electrons. The average molecular weight is 343 g/mol. The Kier molecular flexibility index (Phi) is 3.95. The SMILES string of the molecule is Cl/C=C1\[C@H]2C[C@H]([C@H](Cl)C2(Cl)Cl)C1(CCl)CCl. The molecule has 0 heterocycles. The first-order valence-electron chi connectivity index (χ1n) is 4.90. The first kappa shape index (κ1) is 13.9. The van der Waals surface area contributed by atoms with Gasteiger partial charge >= 0.3 is 0 Å². The number of halogens is 6. The minimum Gasteiger partial charge on any atom is -0.126 e. The van der Waals surface area contributed by atoms with Gasteiger partial charge in [-0.1, -0.05) is 34.8 Å². The minimum atomic E-state index is -0.964. The van der Waals surface area contributed by atoms with Gasteiger partial charge in [-0.2, -0.15) is 0 Å². The van der Waals surface area contributed by atoms with Gasteiger partial charge in [0.15, 0.2) is 0 Å². The Morgan fingerprint density at radius 3 is 2.25 bits per heavy atom. The average Bonchev–Trinajstić information content (AvgIpc) is 2.72. The standard InChI is InChI=1S/C10H10Cl6/c11-2-7-5-1-6(8(14)10(5,15)16)9(7,3-12)4-13/h2,5-6,8H,1,3-4H2/b7-2+/t5-,6-,8+/m1/s1. The molecule has 0 aliphatic heterocycles. The van der Waals surface area contributed by atoms with E-state index in [-0.39, 0.29) is 22.6 Å². The van der Waals surface area contributed by atoms with Gasteiger partial charge in [-0.25, -0.2) is 0 Å². The summed E-state index contributed by atoms with van der Waals surface area (Å²) in [7, 11) is 0. The van der Waals surface area contributed by atoms with E-state index in [1.165, 1.54) is 5.54 Å². The molecule has 0 N–H and O–H groups in total. The van der Waals surface area contributed by atoms with Crippen molar-refractivity contribution in [1.82, 2.24) is 0 Å². The fraction of sp³-hybridized carbons (Fsp3) is 0.800. The van der Waals surface area contributed by atoms with E-state index in [0.29, 0.717) is 11.8 Å². The first-order chi connectivity index (χ1) is 7.45. The topological polar surface area (TPSA) is 0 Å². The van der Waals surface area contributed by atoms with Gasteiger partial charge in [-0.05, 0) is 17.9 Å². The zero-order valence-electron chi connectivity index (χ0n) is 8.20. The van der Waals surface area contributed by atoms with Crippen LogP contribution in [-0.4, -0.2) is 21.5 Å². The number of fused-ring (bicyclic) bond motifs is 2. The smallest absolute Gasteiger partial charge is 0.126 e. The predicted octanol–water partition coefficient (Wildman–Crippen LogP) is 5.00. The van der Waals surface area contributed by atoms with Crippen LogP contribution < -0.4 is 0 Å². The van der Waals surface area contributed by atoms with Crippen LogP contribution in [0.15, 0.2) is 11.1 Å². The zero-order chi connectivity index (χ0) is 12.1. The maximum Gasteiger partial charge on any atom is 0.141 e. The van der Waals surface area contributed by atoms with Crippen LogP contribution in [0, 0.1) is 17.3 Å². The lowest BCUT2D eigenvalue weighted by Gasteiger charge is -2.43. The van der Waals surface area contributed by atoms with E-state index in [1.54, 1.807) is 0 Å². The Bertz CT molecular complexity index is 319. The van der Waals surface area contributed by atoms with Crippen LogP contribution in [0.1, 0.15) is 6.42 Å². The number of allylic oxidation sites excluding steroid dienone is 1. The normalized spacial score (nSPS) is 41.9. The molecule has 0 spiro atoms. The Balaban J connectivity index is 2.48. The highest BCUT2D eigenvalue weighted by molar-refractivity contribution is 6.53. The Morgan fingerprint density at radius 2 is 1.81 bits per heavy atom. The van der Waals surface area contributed by atoms with E-state index in [4.69, 9.17) is 69.6 Å². The van der Waals surface area contributed by atoms with E-state index in [1.807, 2.05) is 0 Å². The van der Waals surface area contributed by atoms with Gasteiger partial charge < -0.3 is 0 Å². The molecule has 2 fully saturated rings. The molecule has 0 unspecified atom stereocenters. The number of hydrogen-bond donors (Lipinski definition) is 0. The molecule has 6 heteroatoms. The highest BCUT2D eigenvalue weighted by atomic mass is 35.5. The molecule has 0 aromatic rings. The predicted molar refractivity (Wildman–Crippen MR) is 73.5 cm³/mol. The summed E-state index contributed by atoms with van der Waals surface area (Å²) in [5.41, 5.74) is 2.12. The van der Waals surface area contributed by atoms with Crippen LogP contribution in [0.2, 0.25) is 0 Å². The molecule has 0 amide bonds. The first-order valence-corrected chi connectivity index (χ1v) is 7.60. The molecule has 3 atom stereocenters. The number of hydrogen-bond acceptors (Lipinski definition) is 0. The maximum absolute atomic E-state index is 6.31. The van der Waals surface area contributed by atoms with Crippen molar-refractivity contribution in [2.24, 2.45) is 17.3 Å². The molecular weight excluding hydrogens is 333 g/mol. The molecule has 2 aliphatic carbocycles. The second kappa shape index (κ2) is 4.54. The van der Waals surface area contributed by atoms with Crippen LogP contribution in [0.4, 0.5) is 0 Å². The summed E-state index contributed by atoms with van der Waals surface area (Å²) in [5.74, 6) is 0.833. The number of alkyl halides is 5. The van der Waals surface area contributed by atoms with E-state index in [0.717, 1.165) is 12.0 Å². The van der Waals surface area contributed by atoms with Crippen LogP contribution in [0.5, 0.6) is 0 Å². The second-order valence-electron chi connectivity index (χ2n) is 4.46. The van der Waals surface area contributed by atoms with Crippen LogP contribution in [0.3, 0.4) is 0 Å².